The molecule has 0 aromatic heterocycles. The Morgan fingerprint density at radius 3 is 2.42 bits per heavy atom. The third-order valence-corrected chi connectivity index (χ3v) is 9.44. The number of nitrogens with zero attached hydrogens (tertiary/aromatic N) is 3. The van der Waals surface area contributed by atoms with Crippen molar-refractivity contribution >= 4 is 15.9 Å². The molecule has 0 N–H and O–H groups in total. The van der Waals surface area contributed by atoms with Gasteiger partial charge in [-0.2, -0.15) is 4.31 Å². The van der Waals surface area contributed by atoms with Crippen molar-refractivity contribution in [3.05, 3.63) is 59.2 Å². The van der Waals surface area contributed by atoms with Crippen LogP contribution in [0.25, 0.3) is 0 Å². The van der Waals surface area contributed by atoms with Crippen LogP contribution in [0.3, 0.4) is 0 Å². The molecule has 2 aromatic carbocycles. The Balaban J connectivity index is 1.41. The molecule has 0 bridgehead atoms. The highest BCUT2D eigenvalue weighted by Crippen LogP contribution is 2.32. The minimum Gasteiger partial charge on any atom is -0.497 e. The fourth-order valence-electron chi connectivity index (χ4n) is 5.39. The van der Waals surface area contributed by atoms with Crippen LogP contribution < -0.4 is 4.74 Å². The second-order valence-electron chi connectivity index (χ2n) is 9.79. The summed E-state index contributed by atoms with van der Waals surface area (Å²) in [6, 6.07) is 13.2. The number of piperazine rings is 1. The van der Waals surface area contributed by atoms with E-state index >= 15 is 0 Å². The topological polar surface area (TPSA) is 79.4 Å². The molecule has 2 unspecified atom stereocenters. The predicted molar refractivity (Wildman–Crippen MR) is 139 cm³/mol. The Bertz CT molecular complexity index is 1150. The van der Waals surface area contributed by atoms with E-state index in [0.717, 1.165) is 25.1 Å². The maximum atomic E-state index is 13.6. The molecule has 0 radical (unpaired) electrons. The number of benzene rings is 2. The number of ether oxygens (including phenoxy) is 2. The highest BCUT2D eigenvalue weighted by atomic mass is 32.2. The molecule has 0 aliphatic carbocycles. The molecule has 1 amide bonds. The molecule has 2 aliphatic rings. The van der Waals surface area contributed by atoms with E-state index in [0.29, 0.717) is 41.3 Å². The molecule has 0 spiro atoms. The van der Waals surface area contributed by atoms with Gasteiger partial charge in [-0.05, 0) is 62.6 Å². The summed E-state index contributed by atoms with van der Waals surface area (Å²) in [5.74, 6) is 0.577. The normalized spacial score (nSPS) is 21.6. The van der Waals surface area contributed by atoms with E-state index in [9.17, 15) is 13.2 Å². The Morgan fingerprint density at radius 1 is 1.06 bits per heavy atom. The zero-order valence-electron chi connectivity index (χ0n) is 21.6. The minimum absolute atomic E-state index is 0.0228. The maximum Gasteiger partial charge on any atom is 0.249 e. The third kappa shape index (κ3) is 5.59. The van der Waals surface area contributed by atoms with Crippen molar-refractivity contribution in [3.8, 4) is 5.75 Å². The number of sulfonamides is 1. The van der Waals surface area contributed by atoms with Crippen molar-refractivity contribution in [2.75, 3.05) is 53.6 Å². The smallest absolute Gasteiger partial charge is 0.249 e. The summed E-state index contributed by atoms with van der Waals surface area (Å²) in [5, 5.41) is 0. The minimum atomic E-state index is -3.70. The summed E-state index contributed by atoms with van der Waals surface area (Å²) in [5.41, 5.74) is 2.43. The molecule has 0 saturated carbocycles. The van der Waals surface area contributed by atoms with Crippen LogP contribution in [0.15, 0.2) is 47.4 Å². The highest BCUT2D eigenvalue weighted by molar-refractivity contribution is 7.89. The molecule has 4 rings (SSSR count). The molecule has 196 valence electrons. The fourth-order valence-corrected chi connectivity index (χ4v) is 7.48. The molecule has 2 saturated heterocycles. The number of rotatable bonds is 8. The predicted octanol–water partition coefficient (Wildman–Crippen LogP) is 3.00. The van der Waals surface area contributed by atoms with Gasteiger partial charge in [0.1, 0.15) is 12.4 Å². The van der Waals surface area contributed by atoms with E-state index in [4.69, 9.17) is 9.47 Å². The zero-order chi connectivity index (χ0) is 25.9. The lowest BCUT2D eigenvalue weighted by Gasteiger charge is -2.40. The number of likely N-dealkylation sites (N-methyl/N-ethyl adjacent to an activating group) is 1. The van der Waals surface area contributed by atoms with E-state index in [2.05, 4.69) is 24.1 Å². The van der Waals surface area contributed by atoms with Crippen LogP contribution in [0.2, 0.25) is 0 Å². The summed E-state index contributed by atoms with van der Waals surface area (Å²) in [6.45, 7) is 6.39. The molecular formula is C27H37N3O5S. The van der Waals surface area contributed by atoms with Crippen molar-refractivity contribution < 1.29 is 22.7 Å². The SMILES string of the molecule is COc1cc(C)c(S(=O)(=O)N2CCCC2COCC(=O)N2CCN(C)CC2c2ccccc2)c(C)c1. The first kappa shape index (κ1) is 26.6. The summed E-state index contributed by atoms with van der Waals surface area (Å²) < 4.78 is 39.9. The van der Waals surface area contributed by atoms with Crippen LogP contribution in [-0.2, 0) is 19.6 Å². The number of hydrogen-bond acceptors (Lipinski definition) is 6. The molecule has 8 nitrogen and oxygen atoms in total. The number of carbonyl (C=O) groups is 1. The van der Waals surface area contributed by atoms with Gasteiger partial charge in [-0.3, -0.25) is 4.79 Å². The Morgan fingerprint density at radius 2 is 1.75 bits per heavy atom. The number of hydrogen-bond donors (Lipinski definition) is 0. The van der Waals surface area contributed by atoms with Gasteiger partial charge in [-0.25, -0.2) is 8.42 Å². The van der Waals surface area contributed by atoms with E-state index in [-0.39, 0.29) is 31.2 Å². The zero-order valence-corrected chi connectivity index (χ0v) is 22.5. The molecule has 2 heterocycles. The molecule has 9 heteroatoms. The molecule has 2 fully saturated rings. The average Bonchev–Trinajstić information content (AvgIpc) is 3.33. The van der Waals surface area contributed by atoms with Gasteiger partial charge in [0.25, 0.3) is 0 Å². The summed E-state index contributed by atoms with van der Waals surface area (Å²) >= 11 is 0. The van der Waals surface area contributed by atoms with Gasteiger partial charge >= 0.3 is 0 Å². The second kappa shape index (κ2) is 11.3. The van der Waals surface area contributed by atoms with E-state index in [1.165, 1.54) is 0 Å². The molecule has 2 atom stereocenters. The fraction of sp³-hybridized carbons (Fsp3) is 0.519. The Kier molecular flexibility index (Phi) is 8.34. The van der Waals surface area contributed by atoms with Crippen molar-refractivity contribution in [2.24, 2.45) is 0 Å². The van der Waals surface area contributed by atoms with E-state index in [1.54, 1.807) is 37.4 Å². The first-order valence-electron chi connectivity index (χ1n) is 12.5. The number of methoxy groups -OCH3 is 1. The van der Waals surface area contributed by atoms with Crippen LogP contribution in [0.4, 0.5) is 0 Å². The lowest BCUT2D eigenvalue weighted by Crippen LogP contribution is -2.50. The monoisotopic (exact) mass is 515 g/mol. The van der Waals surface area contributed by atoms with Crippen LogP contribution in [-0.4, -0.2) is 88.0 Å². The standard InChI is InChI=1S/C27H37N3O5S/c1-20-15-24(34-4)16-21(2)27(20)36(32,33)30-12-8-11-23(30)18-35-19-26(31)29-14-13-28(3)17-25(29)22-9-6-5-7-10-22/h5-7,9-10,15-16,23,25H,8,11-14,17-19H2,1-4H3. The number of amides is 1. The van der Waals surface area contributed by atoms with Gasteiger partial charge in [0.15, 0.2) is 0 Å². The third-order valence-electron chi connectivity index (χ3n) is 7.18. The van der Waals surface area contributed by atoms with Crippen LogP contribution >= 0.6 is 0 Å². The average molecular weight is 516 g/mol. The van der Waals surface area contributed by atoms with Gasteiger partial charge < -0.3 is 19.3 Å². The van der Waals surface area contributed by atoms with Crippen molar-refractivity contribution in [2.45, 2.75) is 43.7 Å². The van der Waals surface area contributed by atoms with Gasteiger partial charge in [0.2, 0.25) is 15.9 Å². The quantitative estimate of drug-likeness (QED) is 0.538. The molecule has 2 aromatic rings. The largest absolute Gasteiger partial charge is 0.497 e. The first-order chi connectivity index (χ1) is 17.2. The van der Waals surface area contributed by atoms with Gasteiger partial charge in [-0.1, -0.05) is 30.3 Å². The number of aryl methyl sites for hydroxylation is 2. The number of carbonyl (C=O) groups excluding carboxylic acids is 1. The molecular weight excluding hydrogens is 478 g/mol. The highest BCUT2D eigenvalue weighted by Gasteiger charge is 2.37. The Hall–Kier alpha value is -2.46. The lowest BCUT2D eigenvalue weighted by atomic mass is 10.0. The van der Waals surface area contributed by atoms with Crippen molar-refractivity contribution in [3.63, 3.8) is 0 Å². The van der Waals surface area contributed by atoms with Crippen LogP contribution in [0, 0.1) is 13.8 Å². The van der Waals surface area contributed by atoms with E-state index < -0.39 is 10.0 Å². The van der Waals surface area contributed by atoms with Gasteiger partial charge in [-0.15, -0.1) is 0 Å². The van der Waals surface area contributed by atoms with Crippen LogP contribution in [0.5, 0.6) is 5.75 Å². The van der Waals surface area contributed by atoms with Gasteiger partial charge in [0.05, 0.1) is 24.7 Å². The summed E-state index contributed by atoms with van der Waals surface area (Å²) in [4.78, 5) is 17.6. The Labute approximate surface area is 214 Å². The van der Waals surface area contributed by atoms with Crippen molar-refractivity contribution in [1.82, 2.24) is 14.1 Å². The maximum absolute atomic E-state index is 13.6. The van der Waals surface area contributed by atoms with Gasteiger partial charge in [0, 0.05) is 32.2 Å². The van der Waals surface area contributed by atoms with E-state index in [1.807, 2.05) is 23.1 Å². The second-order valence-corrected chi connectivity index (χ2v) is 11.6. The molecule has 36 heavy (non-hydrogen) atoms. The first-order valence-corrected chi connectivity index (χ1v) is 13.9. The lowest BCUT2D eigenvalue weighted by molar-refractivity contribution is -0.141. The summed E-state index contributed by atoms with van der Waals surface area (Å²) in [7, 11) is -0.0631. The van der Waals surface area contributed by atoms with Crippen LogP contribution in [0.1, 0.15) is 35.6 Å². The molecule has 2 aliphatic heterocycles. The summed E-state index contributed by atoms with van der Waals surface area (Å²) in [6.07, 6.45) is 1.48. The van der Waals surface area contributed by atoms with Crippen molar-refractivity contribution in [1.29, 1.82) is 0 Å².